The number of rotatable bonds is 4. The Bertz CT molecular complexity index is 540. The van der Waals surface area contributed by atoms with Crippen molar-refractivity contribution in [2.24, 2.45) is 0 Å². The highest BCUT2D eigenvalue weighted by Crippen LogP contribution is 2.07. The minimum Gasteiger partial charge on any atom is -0.449 e. The molecule has 4 nitrogen and oxygen atoms in total. The van der Waals surface area contributed by atoms with Crippen LogP contribution in [0.15, 0.2) is 34.9 Å². The zero-order chi connectivity index (χ0) is 12.1. The van der Waals surface area contributed by atoms with E-state index < -0.39 is 0 Å². The van der Waals surface area contributed by atoms with Crippen LogP contribution in [0, 0.1) is 18.3 Å². The lowest BCUT2D eigenvalue weighted by atomic mass is 10.2. The number of nitrogens with zero attached hydrogens (tertiary/aromatic N) is 2. The first kappa shape index (κ1) is 11.4. The average molecular weight is 227 g/mol. The first-order valence-electron chi connectivity index (χ1n) is 5.39. The van der Waals surface area contributed by atoms with Crippen LogP contribution in [0.25, 0.3) is 0 Å². The molecule has 17 heavy (non-hydrogen) atoms. The first-order valence-corrected chi connectivity index (χ1v) is 5.39. The highest BCUT2D eigenvalue weighted by atomic mass is 16.3. The molecule has 2 heterocycles. The van der Waals surface area contributed by atoms with Crippen molar-refractivity contribution in [1.29, 1.82) is 5.26 Å². The maximum atomic E-state index is 8.62. The third kappa shape index (κ3) is 2.92. The number of hydrogen-bond donors (Lipinski definition) is 1. The lowest BCUT2D eigenvalue weighted by Crippen LogP contribution is -2.14. The van der Waals surface area contributed by atoms with E-state index in [2.05, 4.69) is 10.3 Å². The van der Waals surface area contributed by atoms with E-state index in [1.807, 2.05) is 25.1 Å². The number of furan rings is 1. The molecule has 0 unspecified atom stereocenters. The summed E-state index contributed by atoms with van der Waals surface area (Å²) < 4.78 is 5.26. The Morgan fingerprint density at radius 1 is 1.35 bits per heavy atom. The van der Waals surface area contributed by atoms with E-state index in [-0.39, 0.29) is 0 Å². The largest absolute Gasteiger partial charge is 0.449 e. The second-order valence-corrected chi connectivity index (χ2v) is 3.75. The molecule has 0 amide bonds. The van der Waals surface area contributed by atoms with Crippen molar-refractivity contribution in [2.75, 3.05) is 0 Å². The van der Waals surface area contributed by atoms with Crippen LogP contribution in [-0.4, -0.2) is 4.98 Å². The third-order valence-corrected chi connectivity index (χ3v) is 2.48. The summed E-state index contributed by atoms with van der Waals surface area (Å²) in [5.41, 5.74) is 2.19. The Labute approximate surface area is 99.9 Å². The second-order valence-electron chi connectivity index (χ2n) is 3.75. The molecule has 0 saturated carbocycles. The third-order valence-electron chi connectivity index (χ3n) is 2.48. The number of hydrogen-bond acceptors (Lipinski definition) is 4. The van der Waals surface area contributed by atoms with Gasteiger partial charge in [0.1, 0.15) is 11.8 Å². The first-order chi connectivity index (χ1) is 8.29. The fourth-order valence-electron chi connectivity index (χ4n) is 1.54. The van der Waals surface area contributed by atoms with E-state index in [0.29, 0.717) is 18.8 Å². The zero-order valence-corrected chi connectivity index (χ0v) is 9.60. The van der Waals surface area contributed by atoms with Crippen molar-refractivity contribution in [3.63, 3.8) is 0 Å². The average Bonchev–Trinajstić information content (AvgIpc) is 2.80. The Morgan fingerprint density at radius 2 is 2.24 bits per heavy atom. The van der Waals surface area contributed by atoms with Crippen LogP contribution in [-0.2, 0) is 13.1 Å². The van der Waals surface area contributed by atoms with Gasteiger partial charge in [-0.1, -0.05) is 6.07 Å². The summed E-state index contributed by atoms with van der Waals surface area (Å²) in [6, 6.07) is 9.38. The molecule has 4 heteroatoms. The van der Waals surface area contributed by atoms with Crippen molar-refractivity contribution < 1.29 is 4.42 Å². The molecule has 0 aliphatic carbocycles. The fourth-order valence-corrected chi connectivity index (χ4v) is 1.54. The SMILES string of the molecule is Cc1cccnc1CNCc1ccc(C#N)o1. The van der Waals surface area contributed by atoms with Gasteiger partial charge in [-0.15, -0.1) is 0 Å². The molecule has 2 aromatic heterocycles. The van der Waals surface area contributed by atoms with Gasteiger partial charge in [0, 0.05) is 12.7 Å². The quantitative estimate of drug-likeness (QED) is 0.869. The molecule has 2 rings (SSSR count). The van der Waals surface area contributed by atoms with E-state index in [0.717, 1.165) is 17.0 Å². The summed E-state index contributed by atoms with van der Waals surface area (Å²) in [6.07, 6.45) is 1.78. The second kappa shape index (κ2) is 5.28. The molecule has 0 aliphatic rings. The number of aromatic nitrogens is 1. The Morgan fingerprint density at radius 3 is 2.94 bits per heavy atom. The summed E-state index contributed by atoms with van der Waals surface area (Å²) >= 11 is 0. The Hall–Kier alpha value is -2.12. The Kier molecular flexibility index (Phi) is 3.53. The number of nitrogens with one attached hydrogen (secondary N) is 1. The molecule has 0 spiro atoms. The minimum absolute atomic E-state index is 0.343. The lowest BCUT2D eigenvalue weighted by Gasteiger charge is -2.04. The van der Waals surface area contributed by atoms with Crippen molar-refractivity contribution in [1.82, 2.24) is 10.3 Å². The molecule has 0 aliphatic heterocycles. The topological polar surface area (TPSA) is 61.9 Å². The van der Waals surface area contributed by atoms with Crippen molar-refractivity contribution in [3.8, 4) is 6.07 Å². The van der Waals surface area contributed by atoms with E-state index in [4.69, 9.17) is 9.68 Å². The maximum Gasteiger partial charge on any atom is 0.203 e. The maximum absolute atomic E-state index is 8.62. The van der Waals surface area contributed by atoms with Gasteiger partial charge >= 0.3 is 0 Å². The predicted molar refractivity (Wildman–Crippen MR) is 62.9 cm³/mol. The predicted octanol–water partition coefficient (Wildman–Crippen LogP) is 2.14. The smallest absolute Gasteiger partial charge is 0.203 e. The van der Waals surface area contributed by atoms with E-state index in [9.17, 15) is 0 Å². The normalized spacial score (nSPS) is 10.1. The molecule has 0 aromatic carbocycles. The standard InChI is InChI=1S/C13H13N3O/c1-10-3-2-6-16-13(10)9-15-8-12-5-4-11(7-14)17-12/h2-6,15H,8-9H2,1H3. The number of pyridine rings is 1. The van der Waals surface area contributed by atoms with Crippen LogP contribution in [0.4, 0.5) is 0 Å². The van der Waals surface area contributed by atoms with Gasteiger partial charge in [-0.05, 0) is 30.7 Å². The zero-order valence-electron chi connectivity index (χ0n) is 9.60. The summed E-state index contributed by atoms with van der Waals surface area (Å²) in [4.78, 5) is 4.29. The molecular formula is C13H13N3O. The monoisotopic (exact) mass is 227 g/mol. The molecule has 0 saturated heterocycles. The van der Waals surface area contributed by atoms with Crippen LogP contribution in [0.3, 0.4) is 0 Å². The molecule has 2 aromatic rings. The summed E-state index contributed by atoms with van der Waals surface area (Å²) in [6.45, 7) is 3.32. The molecule has 86 valence electrons. The lowest BCUT2D eigenvalue weighted by molar-refractivity contribution is 0.472. The molecular weight excluding hydrogens is 214 g/mol. The summed E-state index contributed by atoms with van der Waals surface area (Å²) in [7, 11) is 0. The number of nitriles is 1. The van der Waals surface area contributed by atoms with Gasteiger partial charge in [0.25, 0.3) is 0 Å². The van der Waals surface area contributed by atoms with Crippen LogP contribution < -0.4 is 5.32 Å². The van der Waals surface area contributed by atoms with Gasteiger partial charge < -0.3 is 9.73 Å². The molecule has 0 radical (unpaired) electrons. The highest BCUT2D eigenvalue weighted by molar-refractivity contribution is 5.19. The van der Waals surface area contributed by atoms with Crippen LogP contribution in [0.1, 0.15) is 22.8 Å². The highest BCUT2D eigenvalue weighted by Gasteiger charge is 2.02. The van der Waals surface area contributed by atoms with Gasteiger partial charge in [-0.3, -0.25) is 4.98 Å². The summed E-state index contributed by atoms with van der Waals surface area (Å²) in [5.74, 6) is 1.10. The van der Waals surface area contributed by atoms with Crippen molar-refractivity contribution >= 4 is 0 Å². The Balaban J connectivity index is 1.88. The van der Waals surface area contributed by atoms with Gasteiger partial charge in [0.15, 0.2) is 0 Å². The molecule has 0 bridgehead atoms. The van der Waals surface area contributed by atoms with Crippen molar-refractivity contribution in [3.05, 3.63) is 53.2 Å². The van der Waals surface area contributed by atoms with Crippen LogP contribution in [0.2, 0.25) is 0 Å². The van der Waals surface area contributed by atoms with Gasteiger partial charge in [-0.2, -0.15) is 5.26 Å². The molecule has 1 N–H and O–H groups in total. The number of aryl methyl sites for hydroxylation is 1. The van der Waals surface area contributed by atoms with Crippen LogP contribution in [0.5, 0.6) is 0 Å². The molecule has 0 atom stereocenters. The van der Waals surface area contributed by atoms with Gasteiger partial charge in [-0.25, -0.2) is 0 Å². The fraction of sp³-hybridized carbons (Fsp3) is 0.231. The van der Waals surface area contributed by atoms with Crippen LogP contribution >= 0.6 is 0 Å². The van der Waals surface area contributed by atoms with E-state index in [1.54, 1.807) is 18.3 Å². The minimum atomic E-state index is 0.343. The van der Waals surface area contributed by atoms with E-state index >= 15 is 0 Å². The summed E-state index contributed by atoms with van der Waals surface area (Å²) in [5, 5.41) is 11.8. The van der Waals surface area contributed by atoms with E-state index in [1.165, 1.54) is 0 Å². The van der Waals surface area contributed by atoms with Crippen molar-refractivity contribution in [2.45, 2.75) is 20.0 Å². The van der Waals surface area contributed by atoms with Gasteiger partial charge in [0.2, 0.25) is 5.76 Å². The molecule has 0 fully saturated rings. The van der Waals surface area contributed by atoms with Gasteiger partial charge in [0.05, 0.1) is 12.2 Å².